The average Bonchev–Trinajstić information content (AvgIpc) is 3.83. The Labute approximate surface area is 281 Å². The summed E-state index contributed by atoms with van der Waals surface area (Å²) in [6, 6.07) is 46.8. The van der Waals surface area contributed by atoms with Gasteiger partial charge in [-0.2, -0.15) is 0 Å². The molecule has 47 heavy (non-hydrogen) atoms. The molecule has 0 spiro atoms. The van der Waals surface area contributed by atoms with Gasteiger partial charge in [0.2, 0.25) is 0 Å². The summed E-state index contributed by atoms with van der Waals surface area (Å²) in [4.78, 5) is 20.1. The molecule has 4 aromatic heterocycles. The summed E-state index contributed by atoms with van der Waals surface area (Å²) in [6.07, 6.45) is 0. The molecule has 10 rings (SSSR count). The van der Waals surface area contributed by atoms with E-state index in [1.807, 2.05) is 35.6 Å². The van der Waals surface area contributed by atoms with E-state index >= 15 is 0 Å². The van der Waals surface area contributed by atoms with Gasteiger partial charge in [0.05, 0.1) is 10.2 Å². The lowest BCUT2D eigenvalue weighted by atomic mass is 10.1. The molecule has 10 aromatic rings. The van der Waals surface area contributed by atoms with Crippen LogP contribution in [0.5, 0.6) is 0 Å². The van der Waals surface area contributed by atoms with Gasteiger partial charge in [0.1, 0.15) is 5.01 Å². The minimum atomic E-state index is 0.660. The van der Waals surface area contributed by atoms with Gasteiger partial charge in [-0.25, -0.2) is 19.9 Å². The van der Waals surface area contributed by atoms with E-state index in [9.17, 15) is 0 Å². The molecule has 0 aliphatic carbocycles. The fraction of sp³-hybridized carbons (Fsp3) is 0. The maximum absolute atomic E-state index is 5.09. The first-order valence-corrected chi connectivity index (χ1v) is 17.7. The highest BCUT2D eigenvalue weighted by Crippen LogP contribution is 2.41. The Bertz CT molecular complexity index is 2800. The molecule has 220 valence electrons. The van der Waals surface area contributed by atoms with Gasteiger partial charge in [-0.15, -0.1) is 34.0 Å². The number of nitrogens with zero attached hydrogens (tertiary/aromatic N) is 4. The van der Waals surface area contributed by atoms with Crippen LogP contribution in [0.3, 0.4) is 0 Å². The van der Waals surface area contributed by atoms with E-state index in [0.717, 1.165) is 32.8 Å². The monoisotopic (exact) mass is 654 g/mol. The van der Waals surface area contributed by atoms with Gasteiger partial charge >= 0.3 is 0 Å². The molecule has 0 radical (unpaired) electrons. The first-order chi connectivity index (χ1) is 23.2. The Morgan fingerprint density at radius 3 is 1.68 bits per heavy atom. The molecule has 0 bridgehead atoms. The van der Waals surface area contributed by atoms with Gasteiger partial charge in [-0.1, -0.05) is 91.0 Å². The maximum atomic E-state index is 5.09. The summed E-state index contributed by atoms with van der Waals surface area (Å²) in [7, 11) is 0. The molecule has 0 atom stereocenters. The third kappa shape index (κ3) is 4.54. The molecule has 0 aliphatic heterocycles. The van der Waals surface area contributed by atoms with Crippen molar-refractivity contribution in [1.82, 2.24) is 19.9 Å². The Balaban J connectivity index is 1.13. The quantitative estimate of drug-likeness (QED) is 0.189. The number of hydrogen-bond donors (Lipinski definition) is 0. The number of thiophene rings is 2. The first-order valence-electron chi connectivity index (χ1n) is 15.3. The fourth-order valence-electron chi connectivity index (χ4n) is 6.26. The molecular formula is C40H22N4S3. The lowest BCUT2D eigenvalue weighted by molar-refractivity contribution is 1.08. The number of benzene rings is 6. The van der Waals surface area contributed by atoms with Gasteiger partial charge in [-0.05, 0) is 42.5 Å². The van der Waals surface area contributed by atoms with Crippen molar-refractivity contribution in [1.29, 1.82) is 0 Å². The van der Waals surface area contributed by atoms with Crippen LogP contribution >= 0.6 is 34.0 Å². The molecule has 4 heterocycles. The molecule has 0 N–H and O–H groups in total. The van der Waals surface area contributed by atoms with Crippen LogP contribution in [0.4, 0.5) is 0 Å². The normalized spacial score (nSPS) is 11.8. The van der Waals surface area contributed by atoms with E-state index in [2.05, 4.69) is 109 Å². The second-order valence-corrected chi connectivity index (χ2v) is 14.7. The SMILES string of the molecule is c1ccc(-c2nc(-c3ccc4c(c3)sc3ccccc34)nc(-c3ccc4sc5cc6sc(-c7ccccc7)nc6cc5c4c3)n2)cc1. The lowest BCUT2D eigenvalue weighted by Crippen LogP contribution is -2.00. The minimum Gasteiger partial charge on any atom is -0.236 e. The zero-order chi connectivity index (χ0) is 30.9. The summed E-state index contributed by atoms with van der Waals surface area (Å²) in [5, 5.41) is 5.98. The standard InChI is InChI=1S/C40H22N4S3/c1-3-9-23(10-4-1)37-42-38(44-39(43-37)26-15-17-28-27-13-7-8-14-32(27)45-34(28)20-26)25-16-18-33-29(19-25)30-21-31-36(22-35(30)46-33)47-40(41-31)24-11-5-2-6-12-24/h1-22H. The minimum absolute atomic E-state index is 0.660. The molecular weight excluding hydrogens is 633 g/mol. The van der Waals surface area contributed by atoms with Gasteiger partial charge in [0.25, 0.3) is 0 Å². The number of fused-ring (bicyclic) bond motifs is 7. The second kappa shape index (κ2) is 10.6. The third-order valence-electron chi connectivity index (χ3n) is 8.56. The van der Waals surface area contributed by atoms with Crippen LogP contribution < -0.4 is 0 Å². The Morgan fingerprint density at radius 2 is 0.894 bits per heavy atom. The predicted octanol–water partition coefficient (Wildman–Crippen LogP) is 11.9. The highest BCUT2D eigenvalue weighted by Gasteiger charge is 2.16. The van der Waals surface area contributed by atoms with Gasteiger partial charge < -0.3 is 0 Å². The summed E-state index contributed by atoms with van der Waals surface area (Å²) in [5.74, 6) is 1.99. The zero-order valence-electron chi connectivity index (χ0n) is 24.7. The van der Waals surface area contributed by atoms with Gasteiger partial charge in [-0.3, -0.25) is 0 Å². The van der Waals surface area contributed by atoms with E-state index in [1.165, 1.54) is 45.0 Å². The number of hydrogen-bond acceptors (Lipinski definition) is 7. The second-order valence-electron chi connectivity index (χ2n) is 11.5. The van der Waals surface area contributed by atoms with Crippen LogP contribution in [0.2, 0.25) is 0 Å². The van der Waals surface area contributed by atoms with E-state index in [-0.39, 0.29) is 0 Å². The zero-order valence-corrected chi connectivity index (χ0v) is 27.2. The topological polar surface area (TPSA) is 51.6 Å². The Hall–Kier alpha value is -5.34. The van der Waals surface area contributed by atoms with Crippen molar-refractivity contribution >= 4 is 84.6 Å². The van der Waals surface area contributed by atoms with Crippen molar-refractivity contribution in [2.45, 2.75) is 0 Å². The average molecular weight is 655 g/mol. The lowest BCUT2D eigenvalue weighted by Gasteiger charge is -2.09. The highest BCUT2D eigenvalue weighted by molar-refractivity contribution is 7.27. The van der Waals surface area contributed by atoms with Crippen LogP contribution in [0.15, 0.2) is 133 Å². The van der Waals surface area contributed by atoms with Crippen LogP contribution in [0, 0.1) is 0 Å². The van der Waals surface area contributed by atoms with Crippen molar-refractivity contribution in [2.75, 3.05) is 0 Å². The summed E-state index contributed by atoms with van der Waals surface area (Å²) in [5.41, 5.74) is 5.08. The van der Waals surface area contributed by atoms with Crippen molar-refractivity contribution in [3.05, 3.63) is 133 Å². The molecule has 0 saturated heterocycles. The van der Waals surface area contributed by atoms with Crippen LogP contribution in [-0.4, -0.2) is 19.9 Å². The van der Waals surface area contributed by atoms with Crippen LogP contribution in [0.25, 0.3) is 95.3 Å². The largest absolute Gasteiger partial charge is 0.236 e. The molecule has 0 amide bonds. The van der Waals surface area contributed by atoms with E-state index in [1.54, 1.807) is 22.7 Å². The van der Waals surface area contributed by atoms with Crippen molar-refractivity contribution in [3.63, 3.8) is 0 Å². The highest BCUT2D eigenvalue weighted by atomic mass is 32.1. The third-order valence-corrected chi connectivity index (χ3v) is 11.9. The predicted molar refractivity (Wildman–Crippen MR) is 201 cm³/mol. The fourth-order valence-corrected chi connectivity index (χ4v) is 9.58. The van der Waals surface area contributed by atoms with Crippen LogP contribution in [0.1, 0.15) is 0 Å². The van der Waals surface area contributed by atoms with Crippen molar-refractivity contribution in [3.8, 4) is 44.7 Å². The first kappa shape index (κ1) is 26.8. The van der Waals surface area contributed by atoms with Crippen molar-refractivity contribution < 1.29 is 0 Å². The van der Waals surface area contributed by atoms with Crippen LogP contribution in [-0.2, 0) is 0 Å². The van der Waals surface area contributed by atoms with E-state index in [4.69, 9.17) is 19.9 Å². The summed E-state index contributed by atoms with van der Waals surface area (Å²) >= 11 is 5.36. The van der Waals surface area contributed by atoms with E-state index < -0.39 is 0 Å². The smallest absolute Gasteiger partial charge is 0.164 e. The molecule has 0 unspecified atom stereocenters. The van der Waals surface area contributed by atoms with Gasteiger partial charge in [0, 0.05) is 62.6 Å². The molecule has 7 heteroatoms. The molecule has 0 aliphatic rings. The van der Waals surface area contributed by atoms with Gasteiger partial charge in [0.15, 0.2) is 17.5 Å². The summed E-state index contributed by atoms with van der Waals surface area (Å²) < 4.78 is 6.20. The molecule has 0 fully saturated rings. The summed E-state index contributed by atoms with van der Waals surface area (Å²) in [6.45, 7) is 0. The number of aromatic nitrogens is 4. The molecule has 6 aromatic carbocycles. The molecule has 0 saturated carbocycles. The molecule has 4 nitrogen and oxygen atoms in total. The Kier molecular flexibility index (Phi) is 6.05. The number of thiazole rings is 1. The Morgan fingerprint density at radius 1 is 0.319 bits per heavy atom. The number of rotatable bonds is 4. The van der Waals surface area contributed by atoms with Crippen molar-refractivity contribution in [2.24, 2.45) is 0 Å². The maximum Gasteiger partial charge on any atom is 0.164 e. The van der Waals surface area contributed by atoms with E-state index in [0.29, 0.717) is 17.5 Å².